The molecule has 3 atom stereocenters. The van der Waals surface area contributed by atoms with E-state index in [9.17, 15) is 13.2 Å². The van der Waals surface area contributed by atoms with Gasteiger partial charge in [-0.05, 0) is 51.5 Å². The molecule has 1 unspecified atom stereocenters. The van der Waals surface area contributed by atoms with E-state index in [1.807, 2.05) is 0 Å². The Labute approximate surface area is 201 Å². The Morgan fingerprint density at radius 3 is 2.53 bits per heavy atom. The van der Waals surface area contributed by atoms with Crippen LogP contribution in [0.2, 0.25) is 0 Å². The van der Waals surface area contributed by atoms with Crippen molar-refractivity contribution < 1.29 is 22.5 Å². The number of sulfonamides is 1. The SMILES string of the molecule is O=C(NC1C[C@H]2CC[C@@H](C1)N2S(=O)(=O)CCCNCCN1CCOCC1)c1cc(C2CC2)on1. The lowest BCUT2D eigenvalue weighted by Gasteiger charge is -2.38. The minimum atomic E-state index is -3.30. The predicted molar refractivity (Wildman–Crippen MR) is 126 cm³/mol. The first-order valence-electron chi connectivity index (χ1n) is 12.8. The summed E-state index contributed by atoms with van der Waals surface area (Å²) in [5.74, 6) is 1.16. The fourth-order valence-corrected chi connectivity index (χ4v) is 7.61. The second kappa shape index (κ2) is 10.6. The third kappa shape index (κ3) is 5.81. The lowest BCUT2D eigenvalue weighted by molar-refractivity contribution is 0.0384. The summed E-state index contributed by atoms with van der Waals surface area (Å²) >= 11 is 0. The molecule has 10 nitrogen and oxygen atoms in total. The molecule has 5 rings (SSSR count). The first-order chi connectivity index (χ1) is 16.5. The largest absolute Gasteiger partial charge is 0.379 e. The van der Waals surface area contributed by atoms with Crippen LogP contribution in [-0.2, 0) is 14.8 Å². The third-order valence-corrected chi connectivity index (χ3v) is 9.57. The summed E-state index contributed by atoms with van der Waals surface area (Å²) in [6.07, 6.45) is 5.85. The van der Waals surface area contributed by atoms with Crippen LogP contribution < -0.4 is 10.6 Å². The number of fused-ring (bicyclic) bond motifs is 2. The number of morpholine rings is 1. The Morgan fingerprint density at radius 2 is 1.82 bits per heavy atom. The molecule has 190 valence electrons. The minimum absolute atomic E-state index is 0.0253. The number of rotatable bonds is 11. The molecule has 2 bridgehead atoms. The molecule has 4 aliphatic rings. The molecular weight excluding hydrogens is 458 g/mol. The molecule has 0 radical (unpaired) electrons. The van der Waals surface area contributed by atoms with Gasteiger partial charge in [-0.3, -0.25) is 9.69 Å². The number of nitrogens with one attached hydrogen (secondary N) is 2. The van der Waals surface area contributed by atoms with Gasteiger partial charge < -0.3 is 19.9 Å². The van der Waals surface area contributed by atoms with Gasteiger partial charge in [0, 0.05) is 56.3 Å². The van der Waals surface area contributed by atoms with E-state index in [1.165, 1.54) is 0 Å². The van der Waals surface area contributed by atoms with Crippen LogP contribution >= 0.6 is 0 Å². The number of nitrogens with zero attached hydrogens (tertiary/aromatic N) is 3. The van der Waals surface area contributed by atoms with E-state index in [0.717, 1.165) is 70.8 Å². The fraction of sp³-hybridized carbons (Fsp3) is 0.826. The number of piperidine rings is 1. The summed E-state index contributed by atoms with van der Waals surface area (Å²) in [7, 11) is -3.30. The number of hydrogen-bond donors (Lipinski definition) is 2. The number of aromatic nitrogens is 1. The average Bonchev–Trinajstić information content (AvgIpc) is 3.48. The quantitative estimate of drug-likeness (QED) is 0.435. The number of amides is 1. The summed E-state index contributed by atoms with van der Waals surface area (Å²) in [5.41, 5.74) is 0.324. The highest BCUT2D eigenvalue weighted by Gasteiger charge is 2.46. The zero-order valence-corrected chi connectivity index (χ0v) is 20.6. The molecule has 4 heterocycles. The monoisotopic (exact) mass is 495 g/mol. The molecule has 34 heavy (non-hydrogen) atoms. The number of hydrogen-bond acceptors (Lipinski definition) is 8. The second-order valence-electron chi connectivity index (χ2n) is 10.1. The standard InChI is InChI=1S/C23H37N5O5S/c29-23(21-16-22(33-26-21)17-2-3-17)25-18-14-19-4-5-20(15-18)28(19)34(30,31)13-1-6-24-7-8-27-9-11-32-12-10-27/h16-20,24H,1-15H2,(H,25,29)/t18?,19-,20+. The van der Waals surface area contributed by atoms with Crippen LogP contribution in [0.4, 0.5) is 0 Å². The van der Waals surface area contributed by atoms with Crippen molar-refractivity contribution in [2.75, 3.05) is 51.7 Å². The molecule has 1 aromatic heterocycles. The maximum atomic E-state index is 13.1. The summed E-state index contributed by atoms with van der Waals surface area (Å²) in [4.78, 5) is 15.0. The van der Waals surface area contributed by atoms with Crippen LogP contribution in [-0.4, -0.2) is 98.5 Å². The zero-order valence-electron chi connectivity index (χ0n) is 19.8. The van der Waals surface area contributed by atoms with Gasteiger partial charge in [-0.15, -0.1) is 0 Å². The van der Waals surface area contributed by atoms with Gasteiger partial charge in [0.2, 0.25) is 10.0 Å². The normalized spacial score (nSPS) is 28.3. The van der Waals surface area contributed by atoms with Crippen molar-refractivity contribution in [3.8, 4) is 0 Å². The highest BCUT2D eigenvalue weighted by Crippen LogP contribution is 2.40. The smallest absolute Gasteiger partial charge is 0.273 e. The van der Waals surface area contributed by atoms with Crippen LogP contribution in [0.1, 0.15) is 67.1 Å². The molecule has 0 aromatic carbocycles. The van der Waals surface area contributed by atoms with Crippen molar-refractivity contribution in [1.29, 1.82) is 0 Å². The van der Waals surface area contributed by atoms with Crippen LogP contribution in [0.5, 0.6) is 0 Å². The lowest BCUT2D eigenvalue weighted by atomic mass is 9.99. The number of ether oxygens (including phenoxy) is 1. The van der Waals surface area contributed by atoms with Crippen molar-refractivity contribution in [3.05, 3.63) is 17.5 Å². The molecule has 2 N–H and O–H groups in total. The Bertz CT molecular complexity index is 929. The first-order valence-corrected chi connectivity index (χ1v) is 14.4. The molecule has 1 saturated carbocycles. The van der Waals surface area contributed by atoms with Crippen molar-refractivity contribution in [2.24, 2.45) is 0 Å². The van der Waals surface area contributed by atoms with E-state index >= 15 is 0 Å². The van der Waals surface area contributed by atoms with Crippen molar-refractivity contribution >= 4 is 15.9 Å². The van der Waals surface area contributed by atoms with Gasteiger partial charge in [-0.1, -0.05) is 5.16 Å². The fourth-order valence-electron chi connectivity index (χ4n) is 5.59. The molecule has 0 spiro atoms. The summed E-state index contributed by atoms with van der Waals surface area (Å²) in [6, 6.07) is 1.67. The Hall–Kier alpha value is -1.53. The Kier molecular flexibility index (Phi) is 7.55. The van der Waals surface area contributed by atoms with Crippen LogP contribution in [0.25, 0.3) is 0 Å². The third-order valence-electron chi connectivity index (χ3n) is 7.53. The molecular formula is C23H37N5O5S. The zero-order chi connectivity index (χ0) is 23.5. The highest BCUT2D eigenvalue weighted by atomic mass is 32.2. The Morgan fingerprint density at radius 1 is 1.09 bits per heavy atom. The van der Waals surface area contributed by atoms with Gasteiger partial charge in [0.05, 0.1) is 19.0 Å². The van der Waals surface area contributed by atoms with E-state index in [-0.39, 0.29) is 29.8 Å². The summed E-state index contributed by atoms with van der Waals surface area (Å²) < 4.78 is 38.6. The molecule has 1 aliphatic carbocycles. The Balaban J connectivity index is 1.05. The lowest BCUT2D eigenvalue weighted by Crippen LogP contribution is -2.53. The molecule has 11 heteroatoms. The van der Waals surface area contributed by atoms with Gasteiger partial charge in [0.25, 0.3) is 5.91 Å². The maximum absolute atomic E-state index is 13.1. The summed E-state index contributed by atoms with van der Waals surface area (Å²) in [6.45, 7) is 6.06. The molecule has 1 amide bonds. The van der Waals surface area contributed by atoms with Crippen LogP contribution in [0.15, 0.2) is 10.6 Å². The van der Waals surface area contributed by atoms with Crippen molar-refractivity contribution in [2.45, 2.75) is 69.0 Å². The van der Waals surface area contributed by atoms with Gasteiger partial charge >= 0.3 is 0 Å². The van der Waals surface area contributed by atoms with E-state index in [2.05, 4.69) is 20.7 Å². The van der Waals surface area contributed by atoms with E-state index in [1.54, 1.807) is 10.4 Å². The number of carbonyl (C=O) groups excluding carboxylic acids is 1. The van der Waals surface area contributed by atoms with Gasteiger partial charge in [-0.2, -0.15) is 4.31 Å². The molecule has 3 aliphatic heterocycles. The summed E-state index contributed by atoms with van der Waals surface area (Å²) in [5, 5.41) is 10.4. The average molecular weight is 496 g/mol. The van der Waals surface area contributed by atoms with Crippen molar-refractivity contribution in [1.82, 2.24) is 25.0 Å². The maximum Gasteiger partial charge on any atom is 0.273 e. The first kappa shape index (κ1) is 24.2. The molecule has 1 aromatic rings. The van der Waals surface area contributed by atoms with Gasteiger partial charge in [0.1, 0.15) is 5.76 Å². The van der Waals surface area contributed by atoms with Crippen LogP contribution in [0, 0.1) is 0 Å². The van der Waals surface area contributed by atoms with Crippen molar-refractivity contribution in [3.63, 3.8) is 0 Å². The van der Waals surface area contributed by atoms with Gasteiger partial charge in [0.15, 0.2) is 5.69 Å². The van der Waals surface area contributed by atoms with E-state index in [4.69, 9.17) is 9.26 Å². The molecule has 3 saturated heterocycles. The van der Waals surface area contributed by atoms with E-state index < -0.39 is 10.0 Å². The van der Waals surface area contributed by atoms with Crippen LogP contribution in [0.3, 0.4) is 0 Å². The van der Waals surface area contributed by atoms with E-state index in [0.29, 0.717) is 37.4 Å². The predicted octanol–water partition coefficient (Wildman–Crippen LogP) is 0.919. The highest BCUT2D eigenvalue weighted by molar-refractivity contribution is 7.89. The van der Waals surface area contributed by atoms with Gasteiger partial charge in [-0.25, -0.2) is 8.42 Å². The molecule has 4 fully saturated rings. The second-order valence-corrected chi connectivity index (χ2v) is 12.1. The minimum Gasteiger partial charge on any atom is -0.379 e. The number of carbonyl (C=O) groups is 1. The topological polar surface area (TPSA) is 117 Å².